The number of nitrogens with one attached hydrogen (secondary N) is 1. The Bertz CT molecular complexity index is 427. The summed E-state index contributed by atoms with van der Waals surface area (Å²) in [6.07, 6.45) is 4.14. The third-order valence-corrected chi connectivity index (χ3v) is 4.17. The Morgan fingerprint density at radius 3 is 2.89 bits per heavy atom. The lowest BCUT2D eigenvalue weighted by molar-refractivity contribution is -0.123. The van der Waals surface area contributed by atoms with Gasteiger partial charge in [0.15, 0.2) is 0 Å². The van der Waals surface area contributed by atoms with Crippen molar-refractivity contribution in [2.24, 2.45) is 5.92 Å². The number of alkyl halides is 1. The number of fused-ring (bicyclic) bond motifs is 1. The largest absolute Gasteiger partial charge is 0.355 e. The average molecular weight is 280 g/mol. The third kappa shape index (κ3) is 3.50. The minimum Gasteiger partial charge on any atom is -0.355 e. The van der Waals surface area contributed by atoms with Gasteiger partial charge in [-0.05, 0) is 36.3 Å². The number of amides is 1. The topological polar surface area (TPSA) is 29.1 Å². The van der Waals surface area contributed by atoms with E-state index in [1.165, 1.54) is 11.1 Å². The van der Waals surface area contributed by atoms with Gasteiger partial charge < -0.3 is 5.32 Å². The van der Waals surface area contributed by atoms with Gasteiger partial charge in [0.25, 0.3) is 0 Å². The number of hydrogen-bond donors (Lipinski definition) is 1. The number of hydrogen-bond acceptors (Lipinski definition) is 1. The minimum atomic E-state index is 0.0643. The van der Waals surface area contributed by atoms with Crippen molar-refractivity contribution < 1.29 is 4.79 Å². The van der Waals surface area contributed by atoms with Crippen LogP contribution in [0.15, 0.2) is 24.3 Å². The van der Waals surface area contributed by atoms with Crippen molar-refractivity contribution in [3.05, 3.63) is 35.4 Å². The van der Waals surface area contributed by atoms with E-state index in [0.717, 1.165) is 32.2 Å². The number of carbonyl (C=O) groups excluding carboxylic acids is 1. The van der Waals surface area contributed by atoms with E-state index in [1.54, 1.807) is 0 Å². The Morgan fingerprint density at radius 1 is 1.42 bits per heavy atom. The lowest BCUT2D eigenvalue weighted by Gasteiger charge is -2.29. The molecule has 2 unspecified atom stereocenters. The molecule has 0 aromatic heterocycles. The molecule has 3 heteroatoms. The van der Waals surface area contributed by atoms with Crippen LogP contribution in [0.5, 0.6) is 0 Å². The van der Waals surface area contributed by atoms with Gasteiger partial charge >= 0.3 is 0 Å². The molecule has 2 rings (SSSR count). The van der Waals surface area contributed by atoms with E-state index in [1.807, 2.05) is 12.1 Å². The van der Waals surface area contributed by atoms with E-state index in [9.17, 15) is 4.79 Å². The summed E-state index contributed by atoms with van der Waals surface area (Å²) >= 11 is 5.80. The zero-order valence-electron chi connectivity index (χ0n) is 11.5. The maximum Gasteiger partial charge on any atom is 0.227 e. The number of benzene rings is 1. The molecule has 1 N–H and O–H groups in total. The van der Waals surface area contributed by atoms with Gasteiger partial charge in [-0.2, -0.15) is 0 Å². The Labute approximate surface area is 120 Å². The van der Waals surface area contributed by atoms with Crippen LogP contribution in [0.2, 0.25) is 0 Å². The highest BCUT2D eigenvalue weighted by Gasteiger charge is 2.31. The molecule has 104 valence electrons. The van der Waals surface area contributed by atoms with E-state index >= 15 is 0 Å². The van der Waals surface area contributed by atoms with Crippen molar-refractivity contribution in [2.75, 3.05) is 12.4 Å². The van der Waals surface area contributed by atoms with Crippen molar-refractivity contribution in [3.63, 3.8) is 0 Å². The van der Waals surface area contributed by atoms with Crippen LogP contribution in [-0.2, 0) is 11.2 Å². The van der Waals surface area contributed by atoms with Gasteiger partial charge in [0, 0.05) is 12.4 Å². The summed E-state index contributed by atoms with van der Waals surface area (Å²) in [5.74, 6) is 1.43. The second-order valence-corrected chi connectivity index (χ2v) is 5.71. The van der Waals surface area contributed by atoms with Gasteiger partial charge in [0.2, 0.25) is 5.91 Å². The summed E-state index contributed by atoms with van der Waals surface area (Å²) in [7, 11) is 0. The predicted molar refractivity (Wildman–Crippen MR) is 79.6 cm³/mol. The fourth-order valence-electron chi connectivity index (χ4n) is 2.77. The smallest absolute Gasteiger partial charge is 0.227 e. The Hall–Kier alpha value is -1.02. The monoisotopic (exact) mass is 279 g/mol. The maximum atomic E-state index is 12.2. The predicted octanol–water partition coefficient (Wildman–Crippen LogP) is 3.49. The molecular formula is C16H22ClNO. The van der Waals surface area contributed by atoms with Crippen LogP contribution < -0.4 is 5.32 Å². The first-order chi connectivity index (χ1) is 9.26. The van der Waals surface area contributed by atoms with Crippen LogP contribution in [0, 0.1) is 5.92 Å². The molecule has 0 radical (unpaired) electrons. The van der Waals surface area contributed by atoms with Crippen LogP contribution in [0.4, 0.5) is 0 Å². The first-order valence-corrected chi connectivity index (χ1v) is 7.71. The molecule has 2 nitrogen and oxygen atoms in total. The van der Waals surface area contributed by atoms with E-state index in [2.05, 4.69) is 24.4 Å². The third-order valence-electron chi connectivity index (χ3n) is 3.95. The van der Waals surface area contributed by atoms with Crippen molar-refractivity contribution >= 4 is 17.5 Å². The standard InChI is InChI=1S/C16H22ClNO/c1-2-5-12(8-9-17)11-18-16(19)15-10-13-6-3-4-7-14(13)15/h3-4,6-7,12,15H,2,5,8-11H2,1H3,(H,18,19). The molecule has 0 saturated carbocycles. The maximum absolute atomic E-state index is 12.2. The summed E-state index contributed by atoms with van der Waals surface area (Å²) < 4.78 is 0. The van der Waals surface area contributed by atoms with Crippen LogP contribution in [0.3, 0.4) is 0 Å². The van der Waals surface area contributed by atoms with Crippen LogP contribution >= 0.6 is 11.6 Å². The summed E-state index contributed by atoms with van der Waals surface area (Å²) in [5.41, 5.74) is 2.51. The normalized spacial score (nSPS) is 18.3. The molecule has 19 heavy (non-hydrogen) atoms. The van der Waals surface area contributed by atoms with Gasteiger partial charge in [0.05, 0.1) is 5.92 Å². The molecule has 0 heterocycles. The fourth-order valence-corrected chi connectivity index (χ4v) is 3.08. The molecule has 0 bridgehead atoms. The summed E-state index contributed by atoms with van der Waals surface area (Å²) in [4.78, 5) is 12.2. The van der Waals surface area contributed by atoms with Gasteiger partial charge in [-0.15, -0.1) is 11.6 Å². The minimum absolute atomic E-state index is 0.0643. The molecule has 2 atom stereocenters. The van der Waals surface area contributed by atoms with E-state index in [4.69, 9.17) is 11.6 Å². The molecule has 0 fully saturated rings. The van der Waals surface area contributed by atoms with Crippen molar-refractivity contribution in [3.8, 4) is 0 Å². The highest BCUT2D eigenvalue weighted by molar-refractivity contribution is 6.17. The van der Waals surface area contributed by atoms with Crippen molar-refractivity contribution in [1.29, 1.82) is 0 Å². The lowest BCUT2D eigenvalue weighted by Crippen LogP contribution is -2.38. The lowest BCUT2D eigenvalue weighted by atomic mass is 9.77. The SMILES string of the molecule is CCCC(CCCl)CNC(=O)C1Cc2ccccc21. The zero-order valence-corrected chi connectivity index (χ0v) is 12.2. The zero-order chi connectivity index (χ0) is 13.7. The number of rotatable bonds is 7. The number of carbonyl (C=O) groups is 1. The first kappa shape index (κ1) is 14.4. The molecule has 0 spiro atoms. The van der Waals surface area contributed by atoms with Crippen molar-refractivity contribution in [1.82, 2.24) is 5.32 Å². The fraction of sp³-hybridized carbons (Fsp3) is 0.562. The van der Waals surface area contributed by atoms with Crippen molar-refractivity contribution in [2.45, 2.75) is 38.5 Å². The highest BCUT2D eigenvalue weighted by Crippen LogP contribution is 2.34. The Morgan fingerprint density at radius 2 is 2.21 bits per heavy atom. The Balaban J connectivity index is 1.82. The molecule has 1 aliphatic rings. The van der Waals surface area contributed by atoms with Gasteiger partial charge in [-0.1, -0.05) is 37.6 Å². The Kier molecular flexibility index (Phi) is 5.26. The van der Waals surface area contributed by atoms with Gasteiger partial charge in [-0.3, -0.25) is 4.79 Å². The molecule has 1 aromatic carbocycles. The molecule has 1 amide bonds. The highest BCUT2D eigenvalue weighted by atomic mass is 35.5. The van der Waals surface area contributed by atoms with E-state index in [0.29, 0.717) is 11.8 Å². The second kappa shape index (κ2) is 6.95. The summed E-state index contributed by atoms with van der Waals surface area (Å²) in [6, 6.07) is 8.20. The van der Waals surface area contributed by atoms with Crippen LogP contribution in [-0.4, -0.2) is 18.3 Å². The van der Waals surface area contributed by atoms with Gasteiger partial charge in [-0.25, -0.2) is 0 Å². The molecular weight excluding hydrogens is 258 g/mol. The van der Waals surface area contributed by atoms with Crippen LogP contribution in [0.25, 0.3) is 0 Å². The summed E-state index contributed by atoms with van der Waals surface area (Å²) in [5, 5.41) is 3.10. The molecule has 0 saturated heterocycles. The summed E-state index contributed by atoms with van der Waals surface area (Å²) in [6.45, 7) is 2.93. The molecule has 0 aliphatic heterocycles. The number of halogens is 1. The van der Waals surface area contributed by atoms with Gasteiger partial charge in [0.1, 0.15) is 0 Å². The average Bonchev–Trinajstić information content (AvgIpc) is 2.38. The quantitative estimate of drug-likeness (QED) is 0.761. The second-order valence-electron chi connectivity index (χ2n) is 5.33. The molecule has 1 aliphatic carbocycles. The molecule has 1 aromatic rings. The van der Waals surface area contributed by atoms with E-state index in [-0.39, 0.29) is 11.8 Å². The first-order valence-electron chi connectivity index (χ1n) is 7.17. The van der Waals surface area contributed by atoms with E-state index < -0.39 is 0 Å². The van der Waals surface area contributed by atoms with Crippen LogP contribution in [0.1, 0.15) is 43.2 Å².